The van der Waals surface area contributed by atoms with Crippen LogP contribution in [-0.4, -0.2) is 22.1 Å². The smallest absolute Gasteiger partial charge is 0.151 e. The fourth-order valence-electron chi connectivity index (χ4n) is 1.74. The molecule has 5 nitrogen and oxygen atoms in total. The minimum absolute atomic E-state index is 0.229. The summed E-state index contributed by atoms with van der Waals surface area (Å²) in [6.07, 6.45) is 2.66. The number of nitrogens with two attached hydrogens (primary N) is 1. The minimum Gasteiger partial charge on any atom is -0.382 e. The summed E-state index contributed by atoms with van der Waals surface area (Å²) >= 11 is 0. The maximum absolute atomic E-state index is 6.95. The Balaban J connectivity index is 2.53. The van der Waals surface area contributed by atoms with Crippen molar-refractivity contribution in [3.63, 3.8) is 0 Å². The van der Waals surface area contributed by atoms with Crippen molar-refractivity contribution in [2.45, 2.75) is 13.8 Å². The Morgan fingerprint density at radius 2 is 1.95 bits per heavy atom. The van der Waals surface area contributed by atoms with Crippen molar-refractivity contribution < 1.29 is 0 Å². The maximum atomic E-state index is 6.95. The van der Waals surface area contributed by atoms with Crippen molar-refractivity contribution in [3.05, 3.63) is 47.3 Å². The fourth-order valence-corrected chi connectivity index (χ4v) is 1.74. The lowest BCUT2D eigenvalue weighted by Gasteiger charge is -2.06. The number of nitrogens with one attached hydrogen (secondary N) is 1. The Hall–Kier alpha value is -2.56. The Labute approximate surface area is 111 Å². The van der Waals surface area contributed by atoms with Gasteiger partial charge in [-0.15, -0.1) is 0 Å². The normalized spacial score (nSPS) is 11.4. The van der Waals surface area contributed by atoms with Gasteiger partial charge in [0.1, 0.15) is 12.0 Å². The summed E-state index contributed by atoms with van der Waals surface area (Å²) in [6, 6.07) is 7.69. The summed E-state index contributed by atoms with van der Waals surface area (Å²) in [7, 11) is 0. The van der Waals surface area contributed by atoms with Gasteiger partial charge >= 0.3 is 0 Å². The van der Waals surface area contributed by atoms with E-state index in [0.717, 1.165) is 28.9 Å². The molecule has 2 rings (SSSR count). The van der Waals surface area contributed by atoms with Crippen molar-refractivity contribution >= 4 is 12.2 Å². The lowest BCUT2D eigenvalue weighted by molar-refractivity contribution is 1.19. The molecule has 0 fully saturated rings. The second-order valence-electron chi connectivity index (χ2n) is 4.28. The Bertz CT molecular complexity index is 646. The molecule has 0 aromatic carbocycles. The van der Waals surface area contributed by atoms with E-state index >= 15 is 0 Å². The van der Waals surface area contributed by atoms with Crippen molar-refractivity contribution in [3.8, 4) is 11.4 Å². The first-order chi connectivity index (χ1) is 9.10. The van der Waals surface area contributed by atoms with Gasteiger partial charge in [-0.25, -0.2) is 9.98 Å². The van der Waals surface area contributed by atoms with Crippen LogP contribution in [0.1, 0.15) is 16.8 Å². The van der Waals surface area contributed by atoms with Crippen molar-refractivity contribution in [1.29, 1.82) is 5.41 Å². The zero-order valence-corrected chi connectivity index (χ0v) is 10.9. The average molecular weight is 253 g/mol. The standard InChI is InChI=1S/C14H15N5/c1-9-3-4-17-11(5-9)12-6-10(2)7-13(19-12)14(16)18-8-15/h3-8H,1-2H3,(H3,15,16,18). The molecule has 5 heteroatoms. The van der Waals surface area contributed by atoms with Crippen LogP contribution < -0.4 is 5.73 Å². The van der Waals surface area contributed by atoms with Crippen molar-refractivity contribution in [2.75, 3.05) is 0 Å². The largest absolute Gasteiger partial charge is 0.382 e. The van der Waals surface area contributed by atoms with Crippen LogP contribution in [0, 0.1) is 19.3 Å². The van der Waals surface area contributed by atoms with Crippen LogP contribution in [0.25, 0.3) is 11.4 Å². The number of amidine groups is 1. The molecule has 3 N–H and O–H groups in total. The lowest BCUT2D eigenvalue weighted by Crippen LogP contribution is -2.16. The SMILES string of the molecule is Cc1ccnc(-c2cc(C)cc(C(N)=NC=N)n2)c1. The van der Waals surface area contributed by atoms with Gasteiger partial charge in [0, 0.05) is 6.20 Å². The van der Waals surface area contributed by atoms with Gasteiger partial charge in [-0.1, -0.05) is 0 Å². The third-order valence-electron chi connectivity index (χ3n) is 2.61. The first-order valence-electron chi connectivity index (χ1n) is 5.84. The quantitative estimate of drug-likeness (QED) is 0.648. The number of aliphatic imine (C=N–C) groups is 1. The maximum Gasteiger partial charge on any atom is 0.151 e. The molecule has 0 aliphatic carbocycles. The summed E-state index contributed by atoms with van der Waals surface area (Å²) in [4.78, 5) is 12.5. The molecule has 0 saturated carbocycles. The number of aromatic nitrogens is 2. The molecule has 0 amide bonds. The van der Waals surface area contributed by atoms with E-state index in [1.807, 2.05) is 38.1 Å². The topological polar surface area (TPSA) is 88.0 Å². The molecule has 2 aromatic heterocycles. The van der Waals surface area contributed by atoms with Gasteiger partial charge in [-0.05, 0) is 49.2 Å². The van der Waals surface area contributed by atoms with E-state index in [1.165, 1.54) is 0 Å². The van der Waals surface area contributed by atoms with Crippen LogP contribution in [0.3, 0.4) is 0 Å². The van der Waals surface area contributed by atoms with Gasteiger partial charge in [0.2, 0.25) is 0 Å². The van der Waals surface area contributed by atoms with E-state index in [-0.39, 0.29) is 5.84 Å². The molecule has 0 aliphatic rings. The number of hydrogen-bond donors (Lipinski definition) is 2. The highest BCUT2D eigenvalue weighted by atomic mass is 14.9. The third-order valence-corrected chi connectivity index (χ3v) is 2.61. The van der Waals surface area contributed by atoms with Gasteiger partial charge in [0.25, 0.3) is 0 Å². The van der Waals surface area contributed by atoms with Crippen LogP contribution >= 0.6 is 0 Å². The van der Waals surface area contributed by atoms with Crippen molar-refractivity contribution in [1.82, 2.24) is 9.97 Å². The Morgan fingerprint density at radius 1 is 1.21 bits per heavy atom. The molecule has 2 heterocycles. The number of nitrogens with zero attached hydrogens (tertiary/aromatic N) is 3. The minimum atomic E-state index is 0.229. The zero-order valence-electron chi connectivity index (χ0n) is 10.9. The number of pyridine rings is 2. The predicted molar refractivity (Wildman–Crippen MR) is 76.5 cm³/mol. The summed E-state index contributed by atoms with van der Waals surface area (Å²) in [5.41, 5.74) is 10.0. The summed E-state index contributed by atoms with van der Waals surface area (Å²) in [5.74, 6) is 0.229. The van der Waals surface area contributed by atoms with Crippen LogP contribution in [0.4, 0.5) is 0 Å². The molecule has 0 aliphatic heterocycles. The predicted octanol–water partition coefficient (Wildman–Crippen LogP) is 2.07. The van der Waals surface area contributed by atoms with Gasteiger partial charge < -0.3 is 5.73 Å². The first-order valence-corrected chi connectivity index (χ1v) is 5.84. The van der Waals surface area contributed by atoms with E-state index in [0.29, 0.717) is 5.69 Å². The van der Waals surface area contributed by atoms with E-state index < -0.39 is 0 Å². The summed E-state index contributed by atoms with van der Waals surface area (Å²) < 4.78 is 0. The van der Waals surface area contributed by atoms with Gasteiger partial charge in [0.15, 0.2) is 5.84 Å². The molecular weight excluding hydrogens is 238 g/mol. The molecular formula is C14H15N5. The molecule has 0 atom stereocenters. The molecule has 0 unspecified atom stereocenters. The number of rotatable bonds is 3. The molecule has 2 aromatic rings. The number of aryl methyl sites for hydroxylation is 2. The average Bonchev–Trinajstić information content (AvgIpc) is 2.38. The van der Waals surface area contributed by atoms with Crippen LogP contribution in [0.15, 0.2) is 35.5 Å². The molecule has 0 saturated heterocycles. The first kappa shape index (κ1) is 12.9. The molecule has 96 valence electrons. The van der Waals surface area contributed by atoms with Gasteiger partial charge in [-0.3, -0.25) is 10.4 Å². The third kappa shape index (κ3) is 3.01. The highest BCUT2D eigenvalue weighted by molar-refractivity contribution is 5.99. The monoisotopic (exact) mass is 253 g/mol. The van der Waals surface area contributed by atoms with E-state index in [4.69, 9.17) is 11.1 Å². The highest BCUT2D eigenvalue weighted by Gasteiger charge is 2.07. The van der Waals surface area contributed by atoms with Crippen LogP contribution in [-0.2, 0) is 0 Å². The van der Waals surface area contributed by atoms with Crippen molar-refractivity contribution in [2.24, 2.45) is 10.7 Å². The van der Waals surface area contributed by atoms with E-state index in [1.54, 1.807) is 6.20 Å². The Morgan fingerprint density at radius 3 is 2.63 bits per heavy atom. The van der Waals surface area contributed by atoms with Crippen LogP contribution in [0.5, 0.6) is 0 Å². The van der Waals surface area contributed by atoms with Crippen LogP contribution in [0.2, 0.25) is 0 Å². The Kier molecular flexibility index (Phi) is 3.66. The van der Waals surface area contributed by atoms with E-state index in [9.17, 15) is 0 Å². The van der Waals surface area contributed by atoms with E-state index in [2.05, 4.69) is 15.0 Å². The summed E-state index contributed by atoms with van der Waals surface area (Å²) in [5, 5.41) is 6.95. The molecule has 0 bridgehead atoms. The highest BCUT2D eigenvalue weighted by Crippen LogP contribution is 2.17. The fraction of sp³-hybridized carbons (Fsp3) is 0.143. The molecule has 0 radical (unpaired) electrons. The molecule has 0 spiro atoms. The second kappa shape index (κ2) is 5.39. The summed E-state index contributed by atoms with van der Waals surface area (Å²) in [6.45, 7) is 3.97. The lowest BCUT2D eigenvalue weighted by atomic mass is 10.1. The zero-order chi connectivity index (χ0) is 13.8. The molecule has 19 heavy (non-hydrogen) atoms. The van der Waals surface area contributed by atoms with Gasteiger partial charge in [0.05, 0.1) is 11.4 Å². The van der Waals surface area contributed by atoms with Gasteiger partial charge in [-0.2, -0.15) is 0 Å². The second-order valence-corrected chi connectivity index (χ2v) is 4.28. The number of hydrogen-bond acceptors (Lipinski definition) is 3.